The number of fused-ring (bicyclic) bond motifs is 1. The number of ether oxygens (including phenoxy) is 1. The van der Waals surface area contributed by atoms with Gasteiger partial charge < -0.3 is 15.0 Å². The van der Waals surface area contributed by atoms with Gasteiger partial charge in [0.15, 0.2) is 0 Å². The van der Waals surface area contributed by atoms with E-state index in [1.54, 1.807) is 53.0 Å². The van der Waals surface area contributed by atoms with Crippen LogP contribution in [0.1, 0.15) is 39.4 Å². The molecule has 3 aromatic rings. The standard InChI is InChI=1S/C24H22Cl2N4O4/c1-34-17-7-5-16(6-8-17)30-21(22(31)27-15-3-4-15)20-13-28(10-11-29(20)24(30)33)23(32)14-2-9-18(25)19(26)12-14/h2,5-9,12,15H,3-4,10-11,13H2,1H3,(H,27,31). The van der Waals surface area contributed by atoms with E-state index in [-0.39, 0.29) is 47.4 Å². The molecule has 0 spiro atoms. The van der Waals surface area contributed by atoms with E-state index in [0.29, 0.717) is 34.3 Å². The highest BCUT2D eigenvalue weighted by atomic mass is 35.5. The fourth-order valence-electron chi connectivity index (χ4n) is 4.13. The molecule has 2 aromatic carbocycles. The SMILES string of the molecule is COc1ccc(-n2c(C(=O)NC3CC3)c3n(c2=O)CCN(C(=O)c2ccc(Cl)c(Cl)c2)C3)cc1. The van der Waals surface area contributed by atoms with E-state index in [0.717, 1.165) is 12.8 Å². The molecule has 0 saturated heterocycles. The van der Waals surface area contributed by atoms with Gasteiger partial charge in [-0.1, -0.05) is 23.2 Å². The lowest BCUT2D eigenvalue weighted by Gasteiger charge is -2.28. The van der Waals surface area contributed by atoms with Crippen LogP contribution in [0.2, 0.25) is 10.0 Å². The fourth-order valence-corrected chi connectivity index (χ4v) is 4.43. The summed E-state index contributed by atoms with van der Waals surface area (Å²) in [5.41, 5.74) is 1.37. The highest BCUT2D eigenvalue weighted by Gasteiger charge is 2.34. The van der Waals surface area contributed by atoms with Gasteiger partial charge >= 0.3 is 5.69 Å². The van der Waals surface area contributed by atoms with Gasteiger partial charge in [-0.2, -0.15) is 0 Å². The van der Waals surface area contributed by atoms with Crippen LogP contribution in [0.3, 0.4) is 0 Å². The number of nitrogens with one attached hydrogen (secondary N) is 1. The van der Waals surface area contributed by atoms with Crippen molar-refractivity contribution in [2.24, 2.45) is 0 Å². The molecule has 10 heteroatoms. The zero-order chi connectivity index (χ0) is 24.0. The molecule has 1 saturated carbocycles. The average Bonchev–Trinajstić information content (AvgIpc) is 3.61. The summed E-state index contributed by atoms with van der Waals surface area (Å²) in [6, 6.07) is 11.8. The first-order chi connectivity index (χ1) is 16.4. The van der Waals surface area contributed by atoms with Gasteiger partial charge in [-0.05, 0) is 55.3 Å². The molecule has 1 aromatic heterocycles. The normalized spacial score (nSPS) is 15.1. The molecule has 34 heavy (non-hydrogen) atoms. The van der Waals surface area contributed by atoms with Gasteiger partial charge in [-0.25, -0.2) is 4.79 Å². The maximum absolute atomic E-state index is 13.4. The smallest absolute Gasteiger partial charge is 0.333 e. The first kappa shape index (κ1) is 22.6. The Kier molecular flexibility index (Phi) is 5.87. The van der Waals surface area contributed by atoms with E-state index in [1.807, 2.05) is 0 Å². The molecule has 0 bridgehead atoms. The Balaban J connectivity index is 1.55. The number of carbonyl (C=O) groups is 2. The van der Waals surface area contributed by atoms with Crippen molar-refractivity contribution in [2.75, 3.05) is 13.7 Å². The molecule has 0 radical (unpaired) electrons. The van der Waals surface area contributed by atoms with E-state index < -0.39 is 0 Å². The van der Waals surface area contributed by atoms with Gasteiger partial charge in [0.2, 0.25) is 0 Å². The highest BCUT2D eigenvalue weighted by molar-refractivity contribution is 6.42. The van der Waals surface area contributed by atoms with E-state index in [4.69, 9.17) is 27.9 Å². The molecule has 5 rings (SSSR count). The van der Waals surface area contributed by atoms with E-state index in [1.165, 1.54) is 10.6 Å². The second-order valence-corrected chi connectivity index (χ2v) is 9.18. The van der Waals surface area contributed by atoms with Crippen LogP contribution in [0.15, 0.2) is 47.3 Å². The molecular weight excluding hydrogens is 479 g/mol. The quantitative estimate of drug-likeness (QED) is 0.580. The lowest BCUT2D eigenvalue weighted by atomic mass is 10.1. The summed E-state index contributed by atoms with van der Waals surface area (Å²) in [6.45, 7) is 0.710. The largest absolute Gasteiger partial charge is 0.497 e. The molecule has 8 nitrogen and oxygen atoms in total. The molecular formula is C24H22Cl2N4O4. The Labute approximate surface area is 205 Å². The Morgan fingerprint density at radius 3 is 2.41 bits per heavy atom. The number of halogens is 2. The van der Waals surface area contributed by atoms with Gasteiger partial charge in [-0.3, -0.25) is 18.7 Å². The van der Waals surface area contributed by atoms with Gasteiger partial charge in [0, 0.05) is 24.7 Å². The van der Waals surface area contributed by atoms with Crippen molar-refractivity contribution in [3.63, 3.8) is 0 Å². The maximum atomic E-state index is 13.4. The Hall–Kier alpha value is -3.23. The highest BCUT2D eigenvalue weighted by Crippen LogP contribution is 2.27. The summed E-state index contributed by atoms with van der Waals surface area (Å²) in [5.74, 6) is 0.0687. The molecule has 1 aliphatic heterocycles. The molecule has 1 fully saturated rings. The third-order valence-corrected chi connectivity index (χ3v) is 6.83. The zero-order valence-corrected chi connectivity index (χ0v) is 19.9. The van der Waals surface area contributed by atoms with Crippen LogP contribution < -0.4 is 15.7 Å². The maximum Gasteiger partial charge on any atom is 0.333 e. The van der Waals surface area contributed by atoms with E-state index >= 15 is 0 Å². The lowest BCUT2D eigenvalue weighted by molar-refractivity contribution is 0.0706. The van der Waals surface area contributed by atoms with E-state index in [2.05, 4.69) is 5.32 Å². The summed E-state index contributed by atoms with van der Waals surface area (Å²) in [6.07, 6.45) is 1.83. The second-order valence-electron chi connectivity index (χ2n) is 8.37. The summed E-state index contributed by atoms with van der Waals surface area (Å²) >= 11 is 12.1. The van der Waals surface area contributed by atoms with Crippen molar-refractivity contribution in [3.8, 4) is 11.4 Å². The fraction of sp³-hybridized carbons (Fsp3) is 0.292. The number of amides is 2. The summed E-state index contributed by atoms with van der Waals surface area (Å²) < 4.78 is 8.21. The summed E-state index contributed by atoms with van der Waals surface area (Å²) in [4.78, 5) is 41.5. The predicted molar refractivity (Wildman–Crippen MR) is 128 cm³/mol. The average molecular weight is 501 g/mol. The van der Waals surface area contributed by atoms with Crippen molar-refractivity contribution < 1.29 is 14.3 Å². The predicted octanol–water partition coefficient (Wildman–Crippen LogP) is 3.50. The molecule has 2 amide bonds. The van der Waals surface area contributed by atoms with Crippen molar-refractivity contribution in [1.82, 2.24) is 19.4 Å². The number of benzene rings is 2. The Bertz CT molecular complexity index is 1340. The molecule has 0 unspecified atom stereocenters. The van der Waals surface area contributed by atoms with Gasteiger partial charge in [0.1, 0.15) is 11.4 Å². The van der Waals surface area contributed by atoms with Gasteiger partial charge in [0.25, 0.3) is 11.8 Å². The van der Waals surface area contributed by atoms with Gasteiger partial charge in [0.05, 0.1) is 35.1 Å². The minimum Gasteiger partial charge on any atom is -0.497 e. The lowest BCUT2D eigenvalue weighted by Crippen LogP contribution is -2.41. The number of aromatic nitrogens is 2. The van der Waals surface area contributed by atoms with Crippen LogP contribution in [0.4, 0.5) is 0 Å². The number of nitrogens with zero attached hydrogens (tertiary/aromatic N) is 3. The number of hydrogen-bond donors (Lipinski definition) is 1. The van der Waals surface area contributed by atoms with Crippen LogP contribution in [-0.2, 0) is 13.1 Å². The van der Waals surface area contributed by atoms with Gasteiger partial charge in [-0.15, -0.1) is 0 Å². The molecule has 176 valence electrons. The second kappa shape index (κ2) is 8.85. The number of imidazole rings is 1. The van der Waals surface area contributed by atoms with Crippen molar-refractivity contribution >= 4 is 35.0 Å². The van der Waals surface area contributed by atoms with Crippen LogP contribution >= 0.6 is 23.2 Å². The van der Waals surface area contributed by atoms with Crippen LogP contribution in [0, 0.1) is 0 Å². The van der Waals surface area contributed by atoms with E-state index in [9.17, 15) is 14.4 Å². The van der Waals surface area contributed by atoms with Crippen molar-refractivity contribution in [1.29, 1.82) is 0 Å². The minimum absolute atomic E-state index is 0.111. The summed E-state index contributed by atoms with van der Waals surface area (Å²) in [5, 5.41) is 3.63. The van der Waals surface area contributed by atoms with Crippen LogP contribution in [0.25, 0.3) is 5.69 Å². The third-order valence-electron chi connectivity index (χ3n) is 6.09. The Morgan fingerprint density at radius 2 is 1.76 bits per heavy atom. The number of carbonyl (C=O) groups excluding carboxylic acids is 2. The van der Waals surface area contributed by atoms with Crippen LogP contribution in [0.5, 0.6) is 5.75 Å². The van der Waals surface area contributed by atoms with Crippen molar-refractivity contribution in [2.45, 2.75) is 32.0 Å². The first-order valence-electron chi connectivity index (χ1n) is 10.9. The first-order valence-corrected chi connectivity index (χ1v) is 11.7. The Morgan fingerprint density at radius 1 is 1.03 bits per heavy atom. The topological polar surface area (TPSA) is 85.6 Å². The molecule has 1 aliphatic carbocycles. The minimum atomic E-state index is -0.326. The number of methoxy groups -OCH3 is 1. The number of rotatable bonds is 5. The molecule has 2 heterocycles. The van der Waals surface area contributed by atoms with Crippen LogP contribution in [-0.4, -0.2) is 45.5 Å². The van der Waals surface area contributed by atoms with Crippen molar-refractivity contribution in [3.05, 3.63) is 79.9 Å². The molecule has 0 atom stereocenters. The molecule has 1 N–H and O–H groups in total. The summed E-state index contributed by atoms with van der Waals surface area (Å²) in [7, 11) is 1.56. The monoisotopic (exact) mass is 500 g/mol. The zero-order valence-electron chi connectivity index (χ0n) is 18.4. The number of hydrogen-bond acceptors (Lipinski definition) is 4. The molecule has 2 aliphatic rings. The third kappa shape index (κ3) is 4.08.